The van der Waals surface area contributed by atoms with E-state index in [1.165, 1.54) is 4.68 Å². The topological polar surface area (TPSA) is 144 Å². The lowest BCUT2D eigenvalue weighted by atomic mass is 10.1. The lowest BCUT2D eigenvalue weighted by molar-refractivity contribution is 0.736. The summed E-state index contributed by atoms with van der Waals surface area (Å²) in [6, 6.07) is 14.1. The molecule has 0 amide bonds. The Labute approximate surface area is 180 Å². The summed E-state index contributed by atoms with van der Waals surface area (Å²) in [7, 11) is 0. The van der Waals surface area contributed by atoms with Crippen LogP contribution in [0.4, 0.5) is 17.6 Å². The van der Waals surface area contributed by atoms with E-state index >= 15 is 0 Å². The van der Waals surface area contributed by atoms with Gasteiger partial charge in [-0.1, -0.05) is 34.4 Å². The Balaban J connectivity index is 1.74. The standard InChI is InChI=1S/C18H12Cl2N10/c19-13-2-1-3-14(20)12(13)8-15-24-17(23-11-6-4-10(9-21)5-7-11)26-18(25-15)30-16(22)27-28-29-30/h1-7H,8H2,(H2,22,27,29)(H,23,24,25,26). The molecule has 0 atom stereocenters. The van der Waals surface area contributed by atoms with Crippen LogP contribution in [0.15, 0.2) is 42.5 Å². The molecule has 0 saturated heterocycles. The molecule has 4 aromatic rings. The normalized spacial score (nSPS) is 10.6. The molecule has 4 rings (SSSR count). The maximum absolute atomic E-state index is 8.95. The van der Waals surface area contributed by atoms with Gasteiger partial charge in [0.2, 0.25) is 11.9 Å². The van der Waals surface area contributed by atoms with Gasteiger partial charge in [-0.25, -0.2) is 0 Å². The second-order valence-electron chi connectivity index (χ2n) is 6.02. The molecule has 10 nitrogen and oxygen atoms in total. The van der Waals surface area contributed by atoms with Gasteiger partial charge < -0.3 is 11.1 Å². The van der Waals surface area contributed by atoms with Crippen LogP contribution < -0.4 is 11.1 Å². The van der Waals surface area contributed by atoms with Gasteiger partial charge in [0.05, 0.1) is 11.6 Å². The molecule has 148 valence electrons. The van der Waals surface area contributed by atoms with Gasteiger partial charge in [-0.15, -0.1) is 4.68 Å². The number of nitrogens with one attached hydrogen (secondary N) is 1. The zero-order valence-corrected chi connectivity index (χ0v) is 16.7. The summed E-state index contributed by atoms with van der Waals surface area (Å²) in [5, 5.41) is 24.0. The Morgan fingerprint density at radius 1 is 1.03 bits per heavy atom. The van der Waals surface area contributed by atoms with Crippen molar-refractivity contribution < 1.29 is 0 Å². The minimum absolute atomic E-state index is 0.0206. The monoisotopic (exact) mass is 438 g/mol. The van der Waals surface area contributed by atoms with Gasteiger partial charge in [0, 0.05) is 22.2 Å². The SMILES string of the molecule is N#Cc1ccc(Nc2nc(Cc3c(Cl)cccc3Cl)nc(-n3nnnc3N)n2)cc1. The summed E-state index contributed by atoms with van der Waals surface area (Å²) >= 11 is 12.6. The van der Waals surface area contributed by atoms with Crippen LogP contribution in [0.3, 0.4) is 0 Å². The highest BCUT2D eigenvalue weighted by Crippen LogP contribution is 2.26. The molecule has 3 N–H and O–H groups in total. The third-order valence-electron chi connectivity index (χ3n) is 4.02. The molecule has 0 radical (unpaired) electrons. The van der Waals surface area contributed by atoms with E-state index in [2.05, 4.69) is 41.9 Å². The second kappa shape index (κ2) is 8.28. The number of nitrogen functional groups attached to an aromatic ring is 1. The number of nitrogens with two attached hydrogens (primary N) is 1. The van der Waals surface area contributed by atoms with Gasteiger partial charge >= 0.3 is 0 Å². The second-order valence-corrected chi connectivity index (χ2v) is 6.83. The van der Waals surface area contributed by atoms with Gasteiger partial charge in [0.15, 0.2) is 0 Å². The molecular formula is C18H12Cl2N10. The molecule has 0 aliphatic rings. The van der Waals surface area contributed by atoms with Crippen LogP contribution in [0.2, 0.25) is 10.0 Å². The van der Waals surface area contributed by atoms with Crippen molar-refractivity contribution in [3.63, 3.8) is 0 Å². The summed E-state index contributed by atoms with van der Waals surface area (Å²) in [6.07, 6.45) is 0.248. The maximum atomic E-state index is 8.95. The first-order chi connectivity index (χ1) is 14.5. The summed E-state index contributed by atoms with van der Waals surface area (Å²) in [5.74, 6) is 0.757. The largest absolute Gasteiger partial charge is 0.366 e. The van der Waals surface area contributed by atoms with Crippen LogP contribution in [0.1, 0.15) is 17.0 Å². The predicted octanol–water partition coefficient (Wildman–Crippen LogP) is 2.94. The lowest BCUT2D eigenvalue weighted by Crippen LogP contribution is -2.13. The summed E-state index contributed by atoms with van der Waals surface area (Å²) < 4.78 is 1.18. The van der Waals surface area contributed by atoms with E-state index in [0.29, 0.717) is 32.7 Å². The molecule has 30 heavy (non-hydrogen) atoms. The molecule has 0 unspecified atom stereocenters. The Bertz CT molecular complexity index is 1230. The summed E-state index contributed by atoms with van der Waals surface area (Å²) in [5.41, 5.74) is 7.68. The van der Waals surface area contributed by atoms with Crippen LogP contribution in [-0.4, -0.2) is 35.2 Å². The van der Waals surface area contributed by atoms with Crippen molar-refractivity contribution in [3.8, 4) is 12.0 Å². The van der Waals surface area contributed by atoms with Gasteiger partial charge in [-0.2, -0.15) is 20.2 Å². The molecule has 0 aliphatic carbocycles. The van der Waals surface area contributed by atoms with Crippen LogP contribution in [0, 0.1) is 11.3 Å². The fourth-order valence-corrected chi connectivity index (χ4v) is 3.12. The van der Waals surface area contributed by atoms with Crippen LogP contribution in [-0.2, 0) is 6.42 Å². The van der Waals surface area contributed by atoms with Crippen molar-refractivity contribution in [2.75, 3.05) is 11.1 Å². The van der Waals surface area contributed by atoms with E-state index < -0.39 is 0 Å². The number of rotatable bonds is 5. The molecule has 12 heteroatoms. The molecule has 2 heterocycles. The van der Waals surface area contributed by atoms with Crippen molar-refractivity contribution in [3.05, 3.63) is 69.5 Å². The van der Waals surface area contributed by atoms with E-state index in [1.54, 1.807) is 42.5 Å². The average molecular weight is 439 g/mol. The van der Waals surface area contributed by atoms with Crippen molar-refractivity contribution in [2.45, 2.75) is 6.42 Å². The highest BCUT2D eigenvalue weighted by atomic mass is 35.5. The van der Waals surface area contributed by atoms with E-state index in [9.17, 15) is 0 Å². The molecule has 0 fully saturated rings. The van der Waals surface area contributed by atoms with E-state index in [4.69, 9.17) is 34.2 Å². The van der Waals surface area contributed by atoms with E-state index in [-0.39, 0.29) is 24.3 Å². The highest BCUT2D eigenvalue weighted by molar-refractivity contribution is 6.36. The average Bonchev–Trinajstić information content (AvgIpc) is 3.17. The highest BCUT2D eigenvalue weighted by Gasteiger charge is 2.15. The smallest absolute Gasteiger partial charge is 0.260 e. The number of benzene rings is 2. The first-order valence-corrected chi connectivity index (χ1v) is 9.28. The minimum Gasteiger partial charge on any atom is -0.366 e. The number of aromatic nitrogens is 7. The molecule has 2 aromatic heterocycles. The van der Waals surface area contributed by atoms with Crippen molar-refractivity contribution in [2.24, 2.45) is 0 Å². The van der Waals surface area contributed by atoms with Gasteiger partial charge in [0.1, 0.15) is 5.82 Å². The molecule has 0 spiro atoms. The Kier molecular flexibility index (Phi) is 5.38. The quantitative estimate of drug-likeness (QED) is 0.479. The van der Waals surface area contributed by atoms with Crippen molar-refractivity contribution in [1.82, 2.24) is 35.2 Å². The number of hydrogen-bond donors (Lipinski definition) is 2. The maximum Gasteiger partial charge on any atom is 0.260 e. The number of nitrogens with zero attached hydrogens (tertiary/aromatic N) is 8. The van der Waals surface area contributed by atoms with Crippen LogP contribution in [0.5, 0.6) is 0 Å². The predicted molar refractivity (Wildman–Crippen MR) is 111 cm³/mol. The Hall–Kier alpha value is -3.81. The molecule has 0 bridgehead atoms. The van der Waals surface area contributed by atoms with E-state index in [1.807, 2.05) is 0 Å². The Morgan fingerprint density at radius 3 is 2.40 bits per heavy atom. The van der Waals surface area contributed by atoms with Gasteiger partial charge in [0.25, 0.3) is 5.95 Å². The third kappa shape index (κ3) is 4.12. The lowest BCUT2D eigenvalue weighted by Gasteiger charge is -2.10. The molecule has 0 saturated carbocycles. The Morgan fingerprint density at radius 2 is 1.77 bits per heavy atom. The van der Waals surface area contributed by atoms with Gasteiger partial charge in [-0.3, -0.25) is 0 Å². The molecule has 0 aliphatic heterocycles. The van der Waals surface area contributed by atoms with Crippen LogP contribution in [0.25, 0.3) is 5.95 Å². The number of tetrazole rings is 1. The fourth-order valence-electron chi connectivity index (χ4n) is 2.59. The number of hydrogen-bond acceptors (Lipinski definition) is 9. The molecular weight excluding hydrogens is 427 g/mol. The van der Waals surface area contributed by atoms with Gasteiger partial charge in [-0.05, 0) is 52.4 Å². The number of nitriles is 1. The third-order valence-corrected chi connectivity index (χ3v) is 4.73. The first-order valence-electron chi connectivity index (χ1n) is 8.53. The fraction of sp³-hybridized carbons (Fsp3) is 0.0556. The van der Waals surface area contributed by atoms with Crippen molar-refractivity contribution >= 4 is 40.8 Å². The van der Waals surface area contributed by atoms with E-state index in [0.717, 1.165) is 0 Å². The zero-order valence-electron chi connectivity index (χ0n) is 15.2. The summed E-state index contributed by atoms with van der Waals surface area (Å²) in [6.45, 7) is 0. The van der Waals surface area contributed by atoms with Crippen LogP contribution >= 0.6 is 23.2 Å². The summed E-state index contributed by atoms with van der Waals surface area (Å²) in [4.78, 5) is 13.2. The van der Waals surface area contributed by atoms with Crippen molar-refractivity contribution in [1.29, 1.82) is 5.26 Å². The number of anilines is 3. The number of halogens is 2. The molecule has 2 aromatic carbocycles. The zero-order chi connectivity index (χ0) is 21.1. The minimum atomic E-state index is 0.0206. The first kappa shape index (κ1) is 19.5.